The first-order valence-electron chi connectivity index (χ1n) is 4.91. The molecule has 0 aliphatic heterocycles. The third kappa shape index (κ3) is 2.68. The van der Waals surface area contributed by atoms with Crippen LogP contribution in [-0.4, -0.2) is 7.11 Å². The lowest BCUT2D eigenvalue weighted by molar-refractivity contribution is 0.415. The van der Waals surface area contributed by atoms with Crippen LogP contribution in [-0.2, 0) is 0 Å². The molecule has 0 fully saturated rings. The highest BCUT2D eigenvalue weighted by molar-refractivity contribution is 6.36. The van der Waals surface area contributed by atoms with E-state index in [0.29, 0.717) is 20.8 Å². The molecule has 0 saturated carbocycles. The number of ether oxygens (including phenoxy) is 1. The smallest absolute Gasteiger partial charge is 0.138 e. The van der Waals surface area contributed by atoms with Gasteiger partial charge in [-0.2, -0.15) is 0 Å². The number of hydrogen-bond acceptors (Lipinski definition) is 1. The first-order valence-corrected chi connectivity index (χ1v) is 6.04. The highest BCUT2D eigenvalue weighted by Crippen LogP contribution is 2.37. The molecule has 17 heavy (non-hydrogen) atoms. The lowest BCUT2D eigenvalue weighted by Gasteiger charge is -2.09. The SMILES string of the molecule is COc1cccc(-c2cc(Cl)cc(Cl)c2)c1Cl. The average Bonchev–Trinajstić information content (AvgIpc) is 2.28. The summed E-state index contributed by atoms with van der Waals surface area (Å²) in [4.78, 5) is 0. The van der Waals surface area contributed by atoms with Crippen molar-refractivity contribution >= 4 is 34.8 Å². The molecule has 0 spiro atoms. The van der Waals surface area contributed by atoms with Crippen LogP contribution in [0.25, 0.3) is 11.1 Å². The summed E-state index contributed by atoms with van der Waals surface area (Å²) in [5.74, 6) is 0.625. The molecule has 0 radical (unpaired) electrons. The maximum Gasteiger partial charge on any atom is 0.138 e. The minimum absolute atomic E-state index is 0.549. The highest BCUT2D eigenvalue weighted by atomic mass is 35.5. The van der Waals surface area contributed by atoms with Gasteiger partial charge in [0.25, 0.3) is 0 Å². The zero-order chi connectivity index (χ0) is 12.4. The van der Waals surface area contributed by atoms with Gasteiger partial charge in [0.2, 0.25) is 0 Å². The summed E-state index contributed by atoms with van der Waals surface area (Å²) >= 11 is 18.2. The monoisotopic (exact) mass is 286 g/mol. The van der Waals surface area contributed by atoms with Gasteiger partial charge in [-0.15, -0.1) is 0 Å². The fourth-order valence-electron chi connectivity index (χ4n) is 1.60. The second-order valence-corrected chi connectivity index (χ2v) is 4.73. The summed E-state index contributed by atoms with van der Waals surface area (Å²) < 4.78 is 5.17. The van der Waals surface area contributed by atoms with Crippen molar-refractivity contribution in [1.82, 2.24) is 0 Å². The second kappa shape index (κ2) is 5.18. The normalized spacial score (nSPS) is 10.4. The van der Waals surface area contributed by atoms with Gasteiger partial charge in [-0.05, 0) is 29.8 Å². The van der Waals surface area contributed by atoms with E-state index in [-0.39, 0.29) is 0 Å². The maximum atomic E-state index is 6.24. The molecule has 0 heterocycles. The predicted octanol–water partition coefficient (Wildman–Crippen LogP) is 5.32. The van der Waals surface area contributed by atoms with E-state index in [1.165, 1.54) is 0 Å². The number of hydrogen-bond donors (Lipinski definition) is 0. The van der Waals surface area contributed by atoms with E-state index in [1.807, 2.05) is 24.3 Å². The summed E-state index contributed by atoms with van der Waals surface area (Å²) in [7, 11) is 1.58. The largest absolute Gasteiger partial charge is 0.495 e. The number of methoxy groups -OCH3 is 1. The van der Waals surface area contributed by atoms with Gasteiger partial charge in [0, 0.05) is 15.6 Å². The molecule has 0 saturated heterocycles. The van der Waals surface area contributed by atoms with Crippen molar-refractivity contribution in [3.05, 3.63) is 51.5 Å². The molecule has 0 unspecified atom stereocenters. The van der Waals surface area contributed by atoms with Crippen LogP contribution in [0.2, 0.25) is 15.1 Å². The maximum absolute atomic E-state index is 6.24. The third-order valence-electron chi connectivity index (χ3n) is 2.36. The van der Waals surface area contributed by atoms with Gasteiger partial charge in [0.15, 0.2) is 0 Å². The lowest BCUT2D eigenvalue weighted by Crippen LogP contribution is -1.87. The molecule has 0 aliphatic carbocycles. The van der Waals surface area contributed by atoms with Crippen LogP contribution in [0.3, 0.4) is 0 Å². The first kappa shape index (κ1) is 12.6. The van der Waals surface area contributed by atoms with Crippen molar-refractivity contribution in [2.24, 2.45) is 0 Å². The molecule has 88 valence electrons. The molecule has 4 heteroatoms. The zero-order valence-corrected chi connectivity index (χ0v) is 11.3. The van der Waals surface area contributed by atoms with Crippen LogP contribution in [0, 0.1) is 0 Å². The Morgan fingerprint density at radius 3 is 2.18 bits per heavy atom. The minimum Gasteiger partial charge on any atom is -0.495 e. The quantitative estimate of drug-likeness (QED) is 0.726. The fraction of sp³-hybridized carbons (Fsp3) is 0.0769. The van der Waals surface area contributed by atoms with Crippen LogP contribution in [0.5, 0.6) is 5.75 Å². The van der Waals surface area contributed by atoms with Gasteiger partial charge in [-0.1, -0.05) is 46.9 Å². The van der Waals surface area contributed by atoms with Crippen molar-refractivity contribution in [3.8, 4) is 16.9 Å². The van der Waals surface area contributed by atoms with Gasteiger partial charge < -0.3 is 4.74 Å². The molecule has 2 rings (SSSR count). The molecule has 2 aromatic rings. The highest BCUT2D eigenvalue weighted by Gasteiger charge is 2.09. The van der Waals surface area contributed by atoms with Crippen LogP contribution in [0.1, 0.15) is 0 Å². The molecule has 0 aliphatic rings. The van der Waals surface area contributed by atoms with Crippen molar-refractivity contribution in [1.29, 1.82) is 0 Å². The molecule has 0 amide bonds. The van der Waals surface area contributed by atoms with E-state index in [1.54, 1.807) is 19.2 Å². The molecular formula is C13H9Cl3O. The van der Waals surface area contributed by atoms with Gasteiger partial charge in [0.1, 0.15) is 5.75 Å². The van der Waals surface area contributed by atoms with E-state index in [2.05, 4.69) is 0 Å². The molecule has 0 bridgehead atoms. The van der Waals surface area contributed by atoms with Crippen molar-refractivity contribution in [2.45, 2.75) is 0 Å². The van der Waals surface area contributed by atoms with Crippen molar-refractivity contribution in [2.75, 3.05) is 7.11 Å². The van der Waals surface area contributed by atoms with Gasteiger partial charge in [-0.3, -0.25) is 0 Å². The Balaban J connectivity index is 2.60. The van der Waals surface area contributed by atoms with Gasteiger partial charge >= 0.3 is 0 Å². The number of halogens is 3. The molecule has 0 aromatic heterocycles. The fourth-order valence-corrected chi connectivity index (χ4v) is 2.44. The molecule has 0 atom stereocenters. The molecule has 1 nitrogen and oxygen atoms in total. The number of rotatable bonds is 2. The Hall–Kier alpha value is -0.890. The van der Waals surface area contributed by atoms with Crippen molar-refractivity contribution < 1.29 is 4.74 Å². The van der Waals surface area contributed by atoms with E-state index in [9.17, 15) is 0 Å². The average molecular weight is 288 g/mol. The van der Waals surface area contributed by atoms with Gasteiger partial charge in [-0.25, -0.2) is 0 Å². The van der Waals surface area contributed by atoms with E-state index < -0.39 is 0 Å². The Morgan fingerprint density at radius 2 is 1.59 bits per heavy atom. The Morgan fingerprint density at radius 1 is 0.941 bits per heavy atom. The standard InChI is InChI=1S/C13H9Cl3O/c1-17-12-4-2-3-11(13(12)16)8-5-9(14)7-10(15)6-8/h2-7H,1H3. The van der Waals surface area contributed by atoms with Crippen LogP contribution in [0.15, 0.2) is 36.4 Å². The van der Waals surface area contributed by atoms with E-state index in [0.717, 1.165) is 11.1 Å². The predicted molar refractivity (Wildman–Crippen MR) is 73.5 cm³/mol. The summed E-state index contributed by atoms with van der Waals surface area (Å²) in [5.41, 5.74) is 1.71. The topological polar surface area (TPSA) is 9.23 Å². The summed E-state index contributed by atoms with van der Waals surface area (Å²) in [6.07, 6.45) is 0. The van der Waals surface area contributed by atoms with Crippen molar-refractivity contribution in [3.63, 3.8) is 0 Å². The molecule has 2 aromatic carbocycles. The Bertz CT molecular complexity index is 532. The first-order chi connectivity index (χ1) is 8.11. The Kier molecular flexibility index (Phi) is 3.82. The van der Waals surface area contributed by atoms with E-state index in [4.69, 9.17) is 39.5 Å². The number of benzene rings is 2. The Labute approximate surface area is 115 Å². The summed E-state index contributed by atoms with van der Waals surface area (Å²) in [5, 5.41) is 1.70. The second-order valence-electron chi connectivity index (χ2n) is 3.48. The summed E-state index contributed by atoms with van der Waals surface area (Å²) in [6.45, 7) is 0. The van der Waals surface area contributed by atoms with Crippen LogP contribution in [0.4, 0.5) is 0 Å². The summed E-state index contributed by atoms with van der Waals surface area (Å²) in [6, 6.07) is 10.9. The minimum atomic E-state index is 0.549. The molecular weight excluding hydrogens is 279 g/mol. The van der Waals surface area contributed by atoms with Crippen LogP contribution >= 0.6 is 34.8 Å². The third-order valence-corrected chi connectivity index (χ3v) is 3.18. The van der Waals surface area contributed by atoms with E-state index >= 15 is 0 Å². The zero-order valence-electron chi connectivity index (χ0n) is 9.01. The lowest BCUT2D eigenvalue weighted by atomic mass is 10.1. The van der Waals surface area contributed by atoms with Crippen LogP contribution < -0.4 is 4.74 Å². The molecule has 0 N–H and O–H groups in total. The van der Waals surface area contributed by atoms with Gasteiger partial charge in [0.05, 0.1) is 12.1 Å².